The number of nitrogens with zero attached hydrogens (tertiary/aromatic N) is 2. The Kier molecular flexibility index (Phi) is 8.22. The number of carboxylic acids is 1. The van der Waals surface area contributed by atoms with E-state index in [4.69, 9.17) is 9.84 Å². The summed E-state index contributed by atoms with van der Waals surface area (Å²) in [6.07, 6.45) is 1.55. The molecule has 3 N–H and O–H groups in total. The molecule has 178 valence electrons. The van der Waals surface area contributed by atoms with Crippen molar-refractivity contribution in [2.45, 2.75) is 44.4 Å². The highest BCUT2D eigenvalue weighted by Gasteiger charge is 2.37. The first-order valence-electron chi connectivity index (χ1n) is 10.9. The van der Waals surface area contributed by atoms with E-state index in [1.165, 1.54) is 9.80 Å². The number of amides is 4. The fraction of sp³-hybridized carbons (Fsp3) is 0.500. The highest BCUT2D eigenvalue weighted by atomic mass is 16.6. The minimum atomic E-state index is -1.17. The fourth-order valence-electron chi connectivity index (χ4n) is 4.06. The summed E-state index contributed by atoms with van der Waals surface area (Å²) < 4.78 is 5.33. The summed E-state index contributed by atoms with van der Waals surface area (Å²) in [5.74, 6) is -2.59. The Hall–Kier alpha value is -3.63. The van der Waals surface area contributed by atoms with Crippen LogP contribution < -0.4 is 10.6 Å². The summed E-state index contributed by atoms with van der Waals surface area (Å²) in [7, 11) is 0. The molecular weight excluding hydrogens is 432 g/mol. The monoisotopic (exact) mass is 460 g/mol. The van der Waals surface area contributed by atoms with Crippen molar-refractivity contribution in [3.63, 3.8) is 0 Å². The topological polar surface area (TPSA) is 145 Å². The largest absolute Gasteiger partial charge is 0.480 e. The number of hydrogen-bond acceptors (Lipinski definition) is 6. The number of ether oxygens (including phenoxy) is 1. The Bertz CT molecular complexity index is 892. The van der Waals surface area contributed by atoms with Crippen molar-refractivity contribution in [1.82, 2.24) is 20.4 Å². The lowest BCUT2D eigenvalue weighted by atomic mass is 10.2. The van der Waals surface area contributed by atoms with Gasteiger partial charge in [-0.15, -0.1) is 0 Å². The van der Waals surface area contributed by atoms with Crippen LogP contribution in [0.15, 0.2) is 30.3 Å². The van der Waals surface area contributed by atoms with Crippen LogP contribution in [0.5, 0.6) is 0 Å². The van der Waals surface area contributed by atoms with Crippen molar-refractivity contribution in [3.8, 4) is 0 Å². The van der Waals surface area contributed by atoms with Crippen LogP contribution in [0, 0.1) is 0 Å². The van der Waals surface area contributed by atoms with Crippen molar-refractivity contribution in [2.24, 2.45) is 0 Å². The van der Waals surface area contributed by atoms with Crippen LogP contribution >= 0.6 is 0 Å². The highest BCUT2D eigenvalue weighted by Crippen LogP contribution is 2.20. The van der Waals surface area contributed by atoms with Gasteiger partial charge >= 0.3 is 12.1 Å². The van der Waals surface area contributed by atoms with Crippen LogP contribution in [-0.4, -0.2) is 83.0 Å². The lowest BCUT2D eigenvalue weighted by molar-refractivity contribution is -0.141. The third-order valence-electron chi connectivity index (χ3n) is 5.70. The van der Waals surface area contributed by atoms with Crippen molar-refractivity contribution in [1.29, 1.82) is 0 Å². The molecule has 33 heavy (non-hydrogen) atoms. The average Bonchev–Trinajstić information content (AvgIpc) is 3.50. The maximum atomic E-state index is 12.7. The molecule has 2 fully saturated rings. The van der Waals surface area contributed by atoms with Gasteiger partial charge < -0.3 is 25.4 Å². The van der Waals surface area contributed by atoms with E-state index >= 15 is 0 Å². The van der Waals surface area contributed by atoms with Crippen molar-refractivity contribution >= 4 is 29.8 Å². The quantitative estimate of drug-likeness (QED) is 0.499. The van der Waals surface area contributed by atoms with E-state index < -0.39 is 48.4 Å². The lowest BCUT2D eigenvalue weighted by Crippen LogP contribution is -2.52. The predicted molar refractivity (Wildman–Crippen MR) is 115 cm³/mol. The molecular formula is C22H28N4O7. The Labute approximate surface area is 191 Å². The minimum absolute atomic E-state index is 0.100. The first kappa shape index (κ1) is 24.0. The van der Waals surface area contributed by atoms with E-state index in [2.05, 4.69) is 10.6 Å². The van der Waals surface area contributed by atoms with Crippen molar-refractivity contribution in [2.75, 3.05) is 26.2 Å². The maximum absolute atomic E-state index is 12.7. The van der Waals surface area contributed by atoms with Gasteiger partial charge in [0, 0.05) is 13.1 Å². The first-order chi connectivity index (χ1) is 15.9. The SMILES string of the molecule is O=C(O)CNC(=O)[C@@H]1CCCN1C(=O)CNC(=O)[C@@H]1CCCN1C(=O)OCc1ccccc1. The summed E-state index contributed by atoms with van der Waals surface area (Å²) >= 11 is 0. The van der Waals surface area contributed by atoms with Crippen LogP contribution in [0.4, 0.5) is 4.79 Å². The second-order valence-electron chi connectivity index (χ2n) is 7.97. The van der Waals surface area contributed by atoms with E-state index in [0.29, 0.717) is 38.8 Å². The number of carboxylic acid groups (broad SMARTS) is 1. The summed E-state index contributed by atoms with van der Waals surface area (Å²) in [6, 6.07) is 7.72. The molecule has 11 heteroatoms. The van der Waals surface area contributed by atoms with Gasteiger partial charge in [0.15, 0.2) is 0 Å². The number of rotatable bonds is 8. The van der Waals surface area contributed by atoms with Crippen molar-refractivity contribution in [3.05, 3.63) is 35.9 Å². The van der Waals surface area contributed by atoms with Crippen molar-refractivity contribution < 1.29 is 33.8 Å². The third kappa shape index (κ3) is 6.43. The van der Waals surface area contributed by atoms with Gasteiger partial charge in [-0.3, -0.25) is 24.1 Å². The summed E-state index contributed by atoms with van der Waals surface area (Å²) in [6.45, 7) is -0.000939. The van der Waals surface area contributed by atoms with E-state index in [1.807, 2.05) is 30.3 Å². The molecule has 3 rings (SSSR count). The smallest absolute Gasteiger partial charge is 0.410 e. The highest BCUT2D eigenvalue weighted by molar-refractivity contribution is 5.93. The molecule has 2 atom stereocenters. The van der Waals surface area contributed by atoms with Crippen LogP contribution in [0.3, 0.4) is 0 Å². The molecule has 2 heterocycles. The number of nitrogens with one attached hydrogen (secondary N) is 2. The molecule has 1 aromatic rings. The van der Waals surface area contributed by atoms with Gasteiger partial charge in [0.1, 0.15) is 25.2 Å². The molecule has 2 saturated heterocycles. The number of carbonyl (C=O) groups is 5. The zero-order valence-electron chi connectivity index (χ0n) is 18.2. The minimum Gasteiger partial charge on any atom is -0.480 e. The van der Waals surface area contributed by atoms with Gasteiger partial charge in [-0.1, -0.05) is 30.3 Å². The molecule has 0 aliphatic carbocycles. The van der Waals surface area contributed by atoms with E-state index in [1.54, 1.807) is 0 Å². The molecule has 0 saturated carbocycles. The van der Waals surface area contributed by atoms with E-state index in [-0.39, 0.29) is 13.2 Å². The second kappa shape index (κ2) is 11.3. The molecule has 11 nitrogen and oxygen atoms in total. The van der Waals surface area contributed by atoms with Gasteiger partial charge in [-0.05, 0) is 31.2 Å². The third-order valence-corrected chi connectivity index (χ3v) is 5.70. The van der Waals surface area contributed by atoms with Gasteiger partial charge in [0.2, 0.25) is 17.7 Å². The standard InChI is InChI=1S/C22H28N4O7/c27-18(25-10-4-8-16(25)20(30)24-13-19(28)29)12-23-21(31)17-9-5-11-26(17)22(32)33-14-15-6-2-1-3-7-15/h1-3,6-7,16-17H,4-5,8-14H2,(H,23,31)(H,24,30)(H,28,29)/t16-,17-/m0/s1. The molecule has 4 amide bonds. The van der Waals surface area contributed by atoms with Crippen LogP contribution in [0.2, 0.25) is 0 Å². The molecule has 0 aromatic heterocycles. The van der Waals surface area contributed by atoms with Gasteiger partial charge in [-0.25, -0.2) is 4.79 Å². The molecule has 0 unspecified atom stereocenters. The molecule has 0 radical (unpaired) electrons. The molecule has 0 spiro atoms. The van der Waals surface area contributed by atoms with Crippen LogP contribution in [0.1, 0.15) is 31.2 Å². The van der Waals surface area contributed by atoms with Gasteiger partial charge in [0.05, 0.1) is 6.54 Å². The number of hydrogen-bond donors (Lipinski definition) is 3. The normalized spacial score (nSPS) is 19.8. The zero-order chi connectivity index (χ0) is 23.8. The number of likely N-dealkylation sites (tertiary alicyclic amines) is 2. The van der Waals surface area contributed by atoms with E-state index in [9.17, 15) is 24.0 Å². The fourth-order valence-corrected chi connectivity index (χ4v) is 4.06. The predicted octanol–water partition coefficient (Wildman–Crippen LogP) is 0.0956. The second-order valence-corrected chi connectivity index (χ2v) is 7.97. The maximum Gasteiger partial charge on any atom is 0.410 e. The van der Waals surface area contributed by atoms with Gasteiger partial charge in [-0.2, -0.15) is 0 Å². The molecule has 0 bridgehead atoms. The molecule has 2 aliphatic rings. The van der Waals surface area contributed by atoms with Gasteiger partial charge in [0.25, 0.3) is 0 Å². The van der Waals surface area contributed by atoms with E-state index in [0.717, 1.165) is 5.56 Å². The Balaban J connectivity index is 1.48. The Morgan fingerprint density at radius 3 is 2.09 bits per heavy atom. The summed E-state index contributed by atoms with van der Waals surface area (Å²) in [4.78, 5) is 63.3. The number of carbonyl (C=O) groups excluding carboxylic acids is 4. The Morgan fingerprint density at radius 1 is 0.879 bits per heavy atom. The number of benzene rings is 1. The van der Waals surface area contributed by atoms with Crippen LogP contribution in [0.25, 0.3) is 0 Å². The van der Waals surface area contributed by atoms with Crippen LogP contribution in [-0.2, 0) is 30.5 Å². The zero-order valence-corrected chi connectivity index (χ0v) is 18.2. The molecule has 1 aromatic carbocycles. The molecule has 2 aliphatic heterocycles. The number of aliphatic carboxylic acids is 1. The Morgan fingerprint density at radius 2 is 1.45 bits per heavy atom. The first-order valence-corrected chi connectivity index (χ1v) is 10.9. The summed E-state index contributed by atoms with van der Waals surface area (Å²) in [5.41, 5.74) is 0.837. The average molecular weight is 460 g/mol. The lowest BCUT2D eigenvalue weighted by Gasteiger charge is -2.25. The summed E-state index contributed by atoms with van der Waals surface area (Å²) in [5, 5.41) is 13.5.